The fourth-order valence-electron chi connectivity index (χ4n) is 1.69. The molecule has 2 heteroatoms. The largest absolute Gasteiger partial charge is 0.340 e. The van der Waals surface area contributed by atoms with Crippen LogP contribution in [0.25, 0.3) is 0 Å². The lowest BCUT2D eigenvalue weighted by Gasteiger charge is -2.26. The third kappa shape index (κ3) is 4.12. The van der Waals surface area contributed by atoms with Gasteiger partial charge < -0.3 is 4.90 Å². The first-order valence-corrected chi connectivity index (χ1v) is 6.05. The normalized spacial score (nSPS) is 19.4. The van der Waals surface area contributed by atoms with E-state index >= 15 is 0 Å². The second-order valence-corrected chi connectivity index (χ2v) is 3.66. The van der Waals surface area contributed by atoms with Crippen LogP contribution in [0.2, 0.25) is 0 Å². The van der Waals surface area contributed by atoms with E-state index in [9.17, 15) is 4.79 Å². The van der Waals surface area contributed by atoms with E-state index in [4.69, 9.17) is 0 Å². The first kappa shape index (κ1) is 13.5. The molecule has 0 bridgehead atoms. The lowest BCUT2D eigenvalue weighted by atomic mass is 10.2. The molecule has 1 rings (SSSR count). The monoisotopic (exact) mass is 199 g/mol. The summed E-state index contributed by atoms with van der Waals surface area (Å²) in [6.07, 6.45) is 5.34. The Labute approximate surface area is 88.7 Å². The van der Waals surface area contributed by atoms with Gasteiger partial charge in [0, 0.05) is 19.0 Å². The maximum Gasteiger partial charge on any atom is 0.222 e. The lowest BCUT2D eigenvalue weighted by molar-refractivity contribution is -0.132. The Bertz CT molecular complexity index is 156. The van der Waals surface area contributed by atoms with E-state index in [0.717, 1.165) is 25.8 Å². The number of rotatable bonds is 2. The smallest absolute Gasteiger partial charge is 0.222 e. The molecule has 0 radical (unpaired) electrons. The molecule has 1 saturated heterocycles. The highest BCUT2D eigenvalue weighted by molar-refractivity contribution is 5.76. The Morgan fingerprint density at radius 2 is 1.93 bits per heavy atom. The summed E-state index contributed by atoms with van der Waals surface area (Å²) in [4.78, 5) is 13.6. The summed E-state index contributed by atoms with van der Waals surface area (Å²) in [7, 11) is 0. The van der Waals surface area contributed by atoms with Crippen LogP contribution in [0.3, 0.4) is 0 Å². The molecular weight excluding hydrogens is 174 g/mol. The molecule has 0 spiro atoms. The van der Waals surface area contributed by atoms with Crippen LogP contribution in [0.4, 0.5) is 0 Å². The molecule has 0 aromatic carbocycles. The quantitative estimate of drug-likeness (QED) is 0.668. The van der Waals surface area contributed by atoms with Crippen molar-refractivity contribution in [3.63, 3.8) is 0 Å². The number of hydrogen-bond donors (Lipinski definition) is 0. The summed E-state index contributed by atoms with van der Waals surface area (Å²) >= 11 is 0. The molecule has 0 saturated carbocycles. The first-order valence-electron chi connectivity index (χ1n) is 6.05. The zero-order valence-corrected chi connectivity index (χ0v) is 10.2. The van der Waals surface area contributed by atoms with Crippen LogP contribution < -0.4 is 0 Å². The Hall–Kier alpha value is -0.530. The maximum atomic E-state index is 11.5. The van der Waals surface area contributed by atoms with Crippen molar-refractivity contribution < 1.29 is 4.79 Å². The lowest BCUT2D eigenvalue weighted by Crippen LogP contribution is -2.37. The fourth-order valence-corrected chi connectivity index (χ4v) is 1.69. The second kappa shape index (κ2) is 7.84. The molecule has 0 aromatic heterocycles. The Morgan fingerprint density at radius 3 is 2.50 bits per heavy atom. The molecule has 1 heterocycles. The van der Waals surface area contributed by atoms with Gasteiger partial charge in [0.2, 0.25) is 5.91 Å². The van der Waals surface area contributed by atoms with Crippen molar-refractivity contribution >= 4 is 5.91 Å². The Balaban J connectivity index is 0.000000791. The standard InChI is InChI=1S/C10H19NO.C2H6/c1-3-9(2)11-8-6-4-5-7-10(11)12;1-2/h9H,3-8H2,1-2H3;1-2H3. The van der Waals surface area contributed by atoms with Crippen LogP contribution in [-0.2, 0) is 4.79 Å². The fraction of sp³-hybridized carbons (Fsp3) is 0.917. The Kier molecular flexibility index (Phi) is 7.54. The second-order valence-electron chi connectivity index (χ2n) is 3.66. The number of amides is 1. The van der Waals surface area contributed by atoms with Gasteiger partial charge in [-0.05, 0) is 26.2 Å². The number of nitrogens with zero attached hydrogens (tertiary/aromatic N) is 1. The van der Waals surface area contributed by atoms with Crippen molar-refractivity contribution in [1.82, 2.24) is 4.90 Å². The van der Waals surface area contributed by atoms with Gasteiger partial charge in [-0.3, -0.25) is 4.79 Å². The predicted octanol–water partition coefficient (Wildman–Crippen LogP) is 3.21. The third-order valence-electron chi connectivity index (χ3n) is 2.73. The minimum absolute atomic E-state index is 0.363. The van der Waals surface area contributed by atoms with E-state index in [0.29, 0.717) is 11.9 Å². The third-order valence-corrected chi connectivity index (χ3v) is 2.73. The number of hydrogen-bond acceptors (Lipinski definition) is 1. The van der Waals surface area contributed by atoms with Gasteiger partial charge in [-0.1, -0.05) is 27.2 Å². The summed E-state index contributed by atoms with van der Waals surface area (Å²) < 4.78 is 0. The summed E-state index contributed by atoms with van der Waals surface area (Å²) in [5, 5.41) is 0. The molecule has 1 aliphatic rings. The van der Waals surface area contributed by atoms with Crippen LogP contribution in [0.1, 0.15) is 59.8 Å². The van der Waals surface area contributed by atoms with E-state index < -0.39 is 0 Å². The first-order chi connectivity index (χ1) is 6.75. The highest BCUT2D eigenvalue weighted by Crippen LogP contribution is 2.14. The van der Waals surface area contributed by atoms with E-state index in [2.05, 4.69) is 13.8 Å². The molecule has 0 aliphatic carbocycles. The molecule has 0 aromatic rings. The zero-order valence-electron chi connectivity index (χ0n) is 10.2. The summed E-state index contributed by atoms with van der Waals surface area (Å²) in [6.45, 7) is 9.26. The van der Waals surface area contributed by atoms with E-state index in [1.807, 2.05) is 18.7 Å². The molecule has 1 unspecified atom stereocenters. The van der Waals surface area contributed by atoms with Gasteiger partial charge in [0.15, 0.2) is 0 Å². The molecule has 2 nitrogen and oxygen atoms in total. The van der Waals surface area contributed by atoms with Crippen LogP contribution in [0.15, 0.2) is 0 Å². The van der Waals surface area contributed by atoms with Gasteiger partial charge in [0.25, 0.3) is 0 Å². The van der Waals surface area contributed by atoms with E-state index in [1.54, 1.807) is 0 Å². The van der Waals surface area contributed by atoms with Crippen molar-refractivity contribution in [3.8, 4) is 0 Å². The highest BCUT2D eigenvalue weighted by atomic mass is 16.2. The van der Waals surface area contributed by atoms with Gasteiger partial charge >= 0.3 is 0 Å². The van der Waals surface area contributed by atoms with E-state index in [-0.39, 0.29) is 0 Å². The number of carbonyl (C=O) groups is 1. The van der Waals surface area contributed by atoms with Crippen molar-refractivity contribution in [1.29, 1.82) is 0 Å². The molecule has 1 aliphatic heterocycles. The average Bonchev–Trinajstić information content (AvgIpc) is 2.45. The summed E-state index contributed by atoms with van der Waals surface area (Å²) in [5.41, 5.74) is 0. The minimum Gasteiger partial charge on any atom is -0.340 e. The SMILES string of the molecule is CC.CCC(C)N1CCCCCC1=O. The van der Waals surface area contributed by atoms with Crippen LogP contribution >= 0.6 is 0 Å². The van der Waals surface area contributed by atoms with Crippen molar-refractivity contribution in [2.24, 2.45) is 0 Å². The Morgan fingerprint density at radius 1 is 1.29 bits per heavy atom. The van der Waals surface area contributed by atoms with Crippen molar-refractivity contribution in [2.75, 3.05) is 6.54 Å². The number of carbonyl (C=O) groups excluding carboxylic acids is 1. The summed E-state index contributed by atoms with van der Waals surface area (Å²) in [6, 6.07) is 0.440. The van der Waals surface area contributed by atoms with Crippen LogP contribution in [0, 0.1) is 0 Å². The van der Waals surface area contributed by atoms with Gasteiger partial charge in [0.05, 0.1) is 0 Å². The zero-order chi connectivity index (χ0) is 11.0. The molecule has 1 amide bonds. The maximum absolute atomic E-state index is 11.5. The molecule has 0 N–H and O–H groups in total. The topological polar surface area (TPSA) is 20.3 Å². The predicted molar refractivity (Wildman–Crippen MR) is 61.3 cm³/mol. The van der Waals surface area contributed by atoms with Crippen LogP contribution in [-0.4, -0.2) is 23.4 Å². The van der Waals surface area contributed by atoms with Crippen LogP contribution in [0.5, 0.6) is 0 Å². The summed E-state index contributed by atoms with van der Waals surface area (Å²) in [5.74, 6) is 0.363. The van der Waals surface area contributed by atoms with Crippen molar-refractivity contribution in [2.45, 2.75) is 65.8 Å². The molecule has 1 atom stereocenters. The van der Waals surface area contributed by atoms with Crippen molar-refractivity contribution in [3.05, 3.63) is 0 Å². The molecule has 84 valence electrons. The van der Waals surface area contributed by atoms with Gasteiger partial charge in [0.1, 0.15) is 0 Å². The van der Waals surface area contributed by atoms with Gasteiger partial charge in [-0.25, -0.2) is 0 Å². The molecule has 1 fully saturated rings. The molecule has 14 heavy (non-hydrogen) atoms. The minimum atomic E-state index is 0.363. The molecular formula is C12H25NO. The van der Waals surface area contributed by atoms with Gasteiger partial charge in [-0.15, -0.1) is 0 Å². The van der Waals surface area contributed by atoms with Gasteiger partial charge in [-0.2, -0.15) is 0 Å². The van der Waals surface area contributed by atoms with E-state index in [1.165, 1.54) is 12.8 Å². The number of likely N-dealkylation sites (tertiary alicyclic amines) is 1. The highest BCUT2D eigenvalue weighted by Gasteiger charge is 2.19. The average molecular weight is 199 g/mol.